The topological polar surface area (TPSA) is 49.4 Å². The molecule has 2 atom stereocenters. The first-order valence-corrected chi connectivity index (χ1v) is 8.03. The van der Waals surface area contributed by atoms with Gasteiger partial charge in [0.2, 0.25) is 11.8 Å². The molecule has 2 aliphatic rings. The van der Waals surface area contributed by atoms with E-state index in [4.69, 9.17) is 0 Å². The van der Waals surface area contributed by atoms with E-state index in [1.54, 1.807) is 0 Å². The molecule has 0 radical (unpaired) electrons. The van der Waals surface area contributed by atoms with Crippen molar-refractivity contribution in [3.05, 3.63) is 0 Å². The Morgan fingerprint density at radius 1 is 1.35 bits per heavy atom. The molecule has 1 heterocycles. The molecule has 4 heteroatoms. The Hall–Kier alpha value is -1.06. The van der Waals surface area contributed by atoms with E-state index in [1.807, 2.05) is 18.7 Å². The molecule has 0 spiro atoms. The molecule has 114 valence electrons. The monoisotopic (exact) mass is 280 g/mol. The quantitative estimate of drug-likeness (QED) is 0.812. The molecule has 0 aromatic carbocycles. The van der Waals surface area contributed by atoms with Crippen LogP contribution in [-0.2, 0) is 9.59 Å². The molecule has 0 aromatic heterocycles. The van der Waals surface area contributed by atoms with E-state index < -0.39 is 5.54 Å². The first-order chi connectivity index (χ1) is 9.41. The summed E-state index contributed by atoms with van der Waals surface area (Å²) < 4.78 is 0. The minimum absolute atomic E-state index is 0.0572. The highest BCUT2D eigenvalue weighted by molar-refractivity contribution is 6.00. The summed E-state index contributed by atoms with van der Waals surface area (Å²) >= 11 is 0. The maximum Gasteiger partial charge on any atom is 0.246 e. The zero-order chi connectivity index (χ0) is 14.9. The lowest BCUT2D eigenvalue weighted by atomic mass is 9.86. The van der Waals surface area contributed by atoms with E-state index in [0.717, 1.165) is 32.1 Å². The maximum absolute atomic E-state index is 12.7. The zero-order valence-electron chi connectivity index (χ0n) is 13.2. The van der Waals surface area contributed by atoms with E-state index >= 15 is 0 Å². The highest BCUT2D eigenvalue weighted by Crippen LogP contribution is 2.45. The second-order valence-corrected chi connectivity index (χ2v) is 6.91. The molecule has 2 rings (SSSR count). The molecule has 1 aliphatic heterocycles. The van der Waals surface area contributed by atoms with Crippen molar-refractivity contribution in [2.75, 3.05) is 6.54 Å². The van der Waals surface area contributed by atoms with Gasteiger partial charge in [-0.1, -0.05) is 27.2 Å². The van der Waals surface area contributed by atoms with Crippen LogP contribution in [0.15, 0.2) is 0 Å². The first-order valence-electron chi connectivity index (χ1n) is 8.03. The Bertz CT molecular complexity index is 390. The van der Waals surface area contributed by atoms with Gasteiger partial charge in [-0.05, 0) is 44.4 Å². The third kappa shape index (κ3) is 2.70. The normalized spacial score (nSPS) is 30.9. The van der Waals surface area contributed by atoms with Gasteiger partial charge in [-0.15, -0.1) is 0 Å². The summed E-state index contributed by atoms with van der Waals surface area (Å²) in [6.45, 7) is 9.03. The predicted molar refractivity (Wildman–Crippen MR) is 79.1 cm³/mol. The van der Waals surface area contributed by atoms with Crippen LogP contribution < -0.4 is 5.32 Å². The van der Waals surface area contributed by atoms with Crippen molar-refractivity contribution < 1.29 is 9.59 Å². The summed E-state index contributed by atoms with van der Waals surface area (Å²) in [6, 6.07) is -0.313. The second-order valence-electron chi connectivity index (χ2n) is 6.91. The Morgan fingerprint density at radius 2 is 2.00 bits per heavy atom. The molecule has 0 bridgehead atoms. The second kappa shape index (κ2) is 5.74. The van der Waals surface area contributed by atoms with Crippen LogP contribution in [0.4, 0.5) is 0 Å². The predicted octanol–water partition coefficient (Wildman–Crippen LogP) is 2.33. The standard InChI is InChI=1S/C16H28N2O2/c1-5-6-13-14(19)18(10-9-11(2)3)16(4,12-7-8-12)15(20)17-13/h11-13H,5-10H2,1-4H3,(H,17,20). The minimum atomic E-state index is -0.615. The van der Waals surface area contributed by atoms with Gasteiger partial charge in [0.1, 0.15) is 11.6 Å². The Balaban J connectivity index is 2.21. The molecular weight excluding hydrogens is 252 g/mol. The van der Waals surface area contributed by atoms with E-state index in [0.29, 0.717) is 18.4 Å². The summed E-state index contributed by atoms with van der Waals surface area (Å²) in [4.78, 5) is 27.2. The summed E-state index contributed by atoms with van der Waals surface area (Å²) in [5, 5.41) is 2.97. The fourth-order valence-electron chi connectivity index (χ4n) is 3.17. The van der Waals surface area contributed by atoms with Crippen LogP contribution in [0.5, 0.6) is 0 Å². The number of rotatable bonds is 6. The number of nitrogens with zero attached hydrogens (tertiary/aromatic N) is 1. The lowest BCUT2D eigenvalue weighted by molar-refractivity contribution is -0.158. The highest BCUT2D eigenvalue weighted by atomic mass is 16.2. The van der Waals surface area contributed by atoms with Gasteiger partial charge in [-0.25, -0.2) is 0 Å². The van der Waals surface area contributed by atoms with E-state index in [1.165, 1.54) is 0 Å². The van der Waals surface area contributed by atoms with Crippen molar-refractivity contribution in [1.29, 1.82) is 0 Å². The third-order valence-electron chi connectivity index (χ3n) is 4.77. The largest absolute Gasteiger partial charge is 0.342 e. The average Bonchev–Trinajstić information content (AvgIpc) is 3.20. The number of carbonyl (C=O) groups excluding carboxylic acids is 2. The number of nitrogens with one attached hydrogen (secondary N) is 1. The van der Waals surface area contributed by atoms with Crippen molar-refractivity contribution >= 4 is 11.8 Å². The number of amides is 2. The fraction of sp³-hybridized carbons (Fsp3) is 0.875. The van der Waals surface area contributed by atoms with Crippen LogP contribution >= 0.6 is 0 Å². The number of carbonyl (C=O) groups is 2. The Morgan fingerprint density at radius 3 is 2.50 bits per heavy atom. The van der Waals surface area contributed by atoms with E-state index in [2.05, 4.69) is 19.2 Å². The van der Waals surface area contributed by atoms with Gasteiger partial charge < -0.3 is 10.2 Å². The van der Waals surface area contributed by atoms with Crippen molar-refractivity contribution in [3.8, 4) is 0 Å². The number of hydrogen-bond donors (Lipinski definition) is 1. The van der Waals surface area contributed by atoms with Gasteiger partial charge in [0.15, 0.2) is 0 Å². The number of hydrogen-bond acceptors (Lipinski definition) is 2. The SMILES string of the molecule is CCCC1NC(=O)C(C)(C2CC2)N(CCC(C)C)C1=O. The minimum Gasteiger partial charge on any atom is -0.342 e. The summed E-state index contributed by atoms with van der Waals surface area (Å²) in [7, 11) is 0. The van der Waals surface area contributed by atoms with Gasteiger partial charge in [-0.2, -0.15) is 0 Å². The molecule has 1 aliphatic carbocycles. The molecule has 2 amide bonds. The fourth-order valence-corrected chi connectivity index (χ4v) is 3.17. The Labute approximate surface area is 122 Å². The van der Waals surface area contributed by atoms with Gasteiger partial charge >= 0.3 is 0 Å². The van der Waals surface area contributed by atoms with Crippen molar-refractivity contribution in [1.82, 2.24) is 10.2 Å². The summed E-state index contributed by atoms with van der Waals surface area (Å²) in [5.41, 5.74) is -0.615. The van der Waals surface area contributed by atoms with Crippen LogP contribution in [-0.4, -0.2) is 34.8 Å². The van der Waals surface area contributed by atoms with Crippen LogP contribution in [0.2, 0.25) is 0 Å². The van der Waals surface area contributed by atoms with Crippen LogP contribution in [0.1, 0.15) is 59.8 Å². The molecule has 20 heavy (non-hydrogen) atoms. The van der Waals surface area contributed by atoms with Crippen LogP contribution in [0.25, 0.3) is 0 Å². The van der Waals surface area contributed by atoms with Crippen LogP contribution in [0.3, 0.4) is 0 Å². The van der Waals surface area contributed by atoms with Gasteiger partial charge in [-0.3, -0.25) is 9.59 Å². The molecule has 4 nitrogen and oxygen atoms in total. The lowest BCUT2D eigenvalue weighted by Crippen LogP contribution is -2.70. The van der Waals surface area contributed by atoms with Gasteiger partial charge in [0.25, 0.3) is 0 Å². The Kier molecular flexibility index (Phi) is 4.40. The molecule has 1 N–H and O–H groups in total. The molecule has 0 aromatic rings. The first kappa shape index (κ1) is 15.3. The smallest absolute Gasteiger partial charge is 0.246 e. The van der Waals surface area contributed by atoms with Gasteiger partial charge in [0.05, 0.1) is 0 Å². The zero-order valence-corrected chi connectivity index (χ0v) is 13.2. The van der Waals surface area contributed by atoms with Crippen molar-refractivity contribution in [3.63, 3.8) is 0 Å². The summed E-state index contributed by atoms with van der Waals surface area (Å²) in [6.07, 6.45) is 4.74. The highest BCUT2D eigenvalue weighted by Gasteiger charge is 2.56. The van der Waals surface area contributed by atoms with Crippen LogP contribution in [0, 0.1) is 11.8 Å². The van der Waals surface area contributed by atoms with Crippen molar-refractivity contribution in [2.45, 2.75) is 71.4 Å². The summed E-state index contributed by atoms with van der Waals surface area (Å²) in [5.74, 6) is 1.07. The average molecular weight is 280 g/mol. The van der Waals surface area contributed by atoms with E-state index in [-0.39, 0.29) is 17.9 Å². The maximum atomic E-state index is 12.7. The molecular formula is C16H28N2O2. The molecule has 1 saturated carbocycles. The lowest BCUT2D eigenvalue weighted by Gasteiger charge is -2.47. The van der Waals surface area contributed by atoms with Gasteiger partial charge in [0, 0.05) is 6.54 Å². The molecule has 2 unspecified atom stereocenters. The molecule has 1 saturated heterocycles. The van der Waals surface area contributed by atoms with Crippen molar-refractivity contribution in [2.24, 2.45) is 11.8 Å². The third-order valence-corrected chi connectivity index (χ3v) is 4.77. The van der Waals surface area contributed by atoms with E-state index in [9.17, 15) is 9.59 Å². The molecule has 2 fully saturated rings. The number of piperazine rings is 1.